The largest absolute Gasteiger partial charge is 0.325 e. The second-order valence-electron chi connectivity index (χ2n) is 7.13. The molecule has 0 saturated carbocycles. The molecule has 0 atom stereocenters. The van der Waals surface area contributed by atoms with E-state index < -0.39 is 10.0 Å². The van der Waals surface area contributed by atoms with E-state index >= 15 is 0 Å². The molecule has 0 aromatic heterocycles. The molecule has 2 aromatic rings. The lowest BCUT2D eigenvalue weighted by atomic mass is 9.97. The van der Waals surface area contributed by atoms with E-state index in [0.29, 0.717) is 43.2 Å². The van der Waals surface area contributed by atoms with E-state index in [-0.39, 0.29) is 22.7 Å². The summed E-state index contributed by atoms with van der Waals surface area (Å²) in [5.74, 6) is -0.222. The van der Waals surface area contributed by atoms with Crippen LogP contribution in [0.4, 0.5) is 14.9 Å². The van der Waals surface area contributed by atoms with Crippen LogP contribution in [0.3, 0.4) is 0 Å². The van der Waals surface area contributed by atoms with Crippen LogP contribution >= 0.6 is 11.6 Å². The molecule has 0 bridgehead atoms. The summed E-state index contributed by atoms with van der Waals surface area (Å²) in [7, 11) is -3.63. The molecule has 0 spiro atoms. The predicted molar refractivity (Wildman–Crippen MR) is 111 cm³/mol. The maximum Gasteiger partial charge on any atom is 0.321 e. The zero-order valence-electron chi connectivity index (χ0n) is 16.0. The molecule has 0 aliphatic carbocycles. The molecule has 1 saturated heterocycles. The van der Waals surface area contributed by atoms with Crippen molar-refractivity contribution in [2.75, 3.05) is 25.0 Å². The van der Waals surface area contributed by atoms with E-state index in [1.807, 2.05) is 6.92 Å². The van der Waals surface area contributed by atoms with Crippen molar-refractivity contribution in [2.24, 2.45) is 5.92 Å². The Kier molecular flexibility index (Phi) is 6.77. The van der Waals surface area contributed by atoms with Gasteiger partial charge in [0.1, 0.15) is 5.82 Å². The number of aryl methyl sites for hydroxylation is 1. The number of anilines is 1. The second-order valence-corrected chi connectivity index (χ2v) is 9.30. The maximum absolute atomic E-state index is 12.9. The van der Waals surface area contributed by atoms with Crippen molar-refractivity contribution in [1.82, 2.24) is 9.62 Å². The molecule has 0 unspecified atom stereocenters. The third-order valence-corrected chi connectivity index (χ3v) is 6.84. The molecule has 0 radical (unpaired) electrons. The fourth-order valence-corrected chi connectivity index (χ4v) is 4.51. The Morgan fingerprint density at radius 2 is 1.83 bits per heavy atom. The molecule has 156 valence electrons. The molecule has 2 aromatic carbocycles. The molecule has 3 rings (SSSR count). The van der Waals surface area contributed by atoms with Gasteiger partial charge in [-0.3, -0.25) is 0 Å². The second kappa shape index (κ2) is 9.11. The minimum Gasteiger partial charge on any atom is -0.325 e. The van der Waals surface area contributed by atoms with Gasteiger partial charge >= 0.3 is 6.03 Å². The number of carbonyl (C=O) groups is 1. The highest BCUT2D eigenvalue weighted by molar-refractivity contribution is 7.89. The third kappa shape index (κ3) is 5.68. The SMILES string of the molecule is Cc1ccc(S(=O)(=O)NCC2CCN(C(=O)Nc3ccc(F)cc3)CC2)cc1Cl. The monoisotopic (exact) mass is 439 g/mol. The number of rotatable bonds is 5. The fourth-order valence-electron chi connectivity index (χ4n) is 3.13. The standard InChI is InChI=1S/C20H23ClFN3O3S/c1-14-2-7-18(12-19(14)21)29(27,28)23-13-15-8-10-25(11-9-15)20(26)24-17-5-3-16(22)4-6-17/h2-7,12,15,23H,8-11,13H2,1H3,(H,24,26). The summed E-state index contributed by atoms with van der Waals surface area (Å²) >= 11 is 6.03. The van der Waals surface area contributed by atoms with E-state index in [1.54, 1.807) is 11.0 Å². The minimum absolute atomic E-state index is 0.139. The number of likely N-dealkylation sites (tertiary alicyclic amines) is 1. The summed E-state index contributed by atoms with van der Waals surface area (Å²) in [5.41, 5.74) is 1.35. The highest BCUT2D eigenvalue weighted by Gasteiger charge is 2.24. The maximum atomic E-state index is 12.9. The number of halogens is 2. The van der Waals surface area contributed by atoms with Crippen LogP contribution in [0.2, 0.25) is 5.02 Å². The van der Waals surface area contributed by atoms with Gasteiger partial charge in [0.2, 0.25) is 10.0 Å². The zero-order chi connectivity index (χ0) is 21.0. The first-order chi connectivity index (χ1) is 13.7. The first-order valence-corrected chi connectivity index (χ1v) is 11.2. The van der Waals surface area contributed by atoms with Crippen LogP contribution in [0.25, 0.3) is 0 Å². The molecule has 1 fully saturated rings. The van der Waals surface area contributed by atoms with Crippen LogP contribution in [0, 0.1) is 18.7 Å². The highest BCUT2D eigenvalue weighted by Crippen LogP contribution is 2.22. The molecule has 1 aliphatic rings. The van der Waals surface area contributed by atoms with Gasteiger partial charge in [0.05, 0.1) is 4.90 Å². The van der Waals surface area contributed by atoms with Gasteiger partial charge in [-0.05, 0) is 67.6 Å². The van der Waals surface area contributed by atoms with Crippen molar-refractivity contribution >= 4 is 33.3 Å². The van der Waals surface area contributed by atoms with Crippen LogP contribution in [0.5, 0.6) is 0 Å². The van der Waals surface area contributed by atoms with E-state index in [2.05, 4.69) is 10.0 Å². The average molecular weight is 440 g/mol. The van der Waals surface area contributed by atoms with E-state index in [1.165, 1.54) is 36.4 Å². The molecular weight excluding hydrogens is 417 g/mol. The zero-order valence-corrected chi connectivity index (χ0v) is 17.6. The number of benzene rings is 2. The van der Waals surface area contributed by atoms with Crippen molar-refractivity contribution in [2.45, 2.75) is 24.7 Å². The Labute approximate surface area is 175 Å². The number of piperidine rings is 1. The van der Waals surface area contributed by atoms with Crippen LogP contribution in [-0.4, -0.2) is 39.0 Å². The quantitative estimate of drug-likeness (QED) is 0.738. The predicted octanol–water partition coefficient (Wildman–Crippen LogP) is 4.01. The average Bonchev–Trinajstić information content (AvgIpc) is 2.70. The smallest absolute Gasteiger partial charge is 0.321 e. The summed E-state index contributed by atoms with van der Waals surface area (Å²) in [6, 6.07) is 10.00. The van der Waals surface area contributed by atoms with Crippen LogP contribution in [0.1, 0.15) is 18.4 Å². The Morgan fingerprint density at radius 1 is 1.17 bits per heavy atom. The number of hydrogen-bond acceptors (Lipinski definition) is 3. The molecular formula is C20H23ClFN3O3S. The van der Waals surface area contributed by atoms with E-state index in [0.717, 1.165) is 5.56 Å². The number of carbonyl (C=O) groups excluding carboxylic acids is 1. The van der Waals surface area contributed by atoms with Crippen molar-refractivity contribution in [3.63, 3.8) is 0 Å². The molecule has 2 N–H and O–H groups in total. The van der Waals surface area contributed by atoms with Crippen LogP contribution in [-0.2, 0) is 10.0 Å². The number of hydrogen-bond donors (Lipinski definition) is 2. The van der Waals surface area contributed by atoms with Crippen LogP contribution in [0.15, 0.2) is 47.4 Å². The number of urea groups is 1. The van der Waals surface area contributed by atoms with Crippen molar-refractivity contribution in [3.05, 3.63) is 58.9 Å². The first kappa shape index (κ1) is 21.5. The van der Waals surface area contributed by atoms with Gasteiger partial charge in [0, 0.05) is 30.3 Å². The van der Waals surface area contributed by atoms with E-state index in [9.17, 15) is 17.6 Å². The summed E-state index contributed by atoms with van der Waals surface area (Å²) in [6.07, 6.45) is 1.38. The molecule has 6 nitrogen and oxygen atoms in total. The topological polar surface area (TPSA) is 78.5 Å². The van der Waals surface area contributed by atoms with Gasteiger partial charge in [0.15, 0.2) is 0 Å². The number of amides is 2. The Balaban J connectivity index is 1.48. The van der Waals surface area contributed by atoms with Gasteiger partial charge in [-0.15, -0.1) is 0 Å². The van der Waals surface area contributed by atoms with E-state index in [4.69, 9.17) is 11.6 Å². The fraction of sp³-hybridized carbons (Fsp3) is 0.350. The molecule has 9 heteroatoms. The van der Waals surface area contributed by atoms with Crippen molar-refractivity contribution in [3.8, 4) is 0 Å². The molecule has 29 heavy (non-hydrogen) atoms. The normalized spacial score (nSPS) is 15.3. The Hall–Kier alpha value is -2.16. The lowest BCUT2D eigenvalue weighted by Crippen LogP contribution is -2.43. The summed E-state index contributed by atoms with van der Waals surface area (Å²) in [5, 5.41) is 3.15. The third-order valence-electron chi connectivity index (χ3n) is 5.01. The Morgan fingerprint density at radius 3 is 2.45 bits per heavy atom. The summed E-state index contributed by atoms with van der Waals surface area (Å²) in [6.45, 7) is 3.17. The molecule has 1 aliphatic heterocycles. The summed E-state index contributed by atoms with van der Waals surface area (Å²) < 4.78 is 40.5. The Bertz CT molecular complexity index is 975. The van der Waals surface area contributed by atoms with Gasteiger partial charge < -0.3 is 10.2 Å². The number of nitrogens with zero attached hydrogens (tertiary/aromatic N) is 1. The van der Waals surface area contributed by atoms with Crippen molar-refractivity contribution in [1.29, 1.82) is 0 Å². The number of sulfonamides is 1. The van der Waals surface area contributed by atoms with Crippen LogP contribution < -0.4 is 10.0 Å². The first-order valence-electron chi connectivity index (χ1n) is 9.32. The minimum atomic E-state index is -3.63. The molecule has 2 amide bonds. The molecule has 1 heterocycles. The number of nitrogens with one attached hydrogen (secondary N) is 2. The van der Waals surface area contributed by atoms with Gasteiger partial charge in [0.25, 0.3) is 0 Å². The summed E-state index contributed by atoms with van der Waals surface area (Å²) in [4.78, 5) is 14.1. The lowest BCUT2D eigenvalue weighted by molar-refractivity contribution is 0.183. The van der Waals surface area contributed by atoms with Gasteiger partial charge in [-0.2, -0.15) is 0 Å². The van der Waals surface area contributed by atoms with Gasteiger partial charge in [-0.25, -0.2) is 22.3 Å². The highest BCUT2D eigenvalue weighted by atomic mass is 35.5. The lowest BCUT2D eigenvalue weighted by Gasteiger charge is -2.32. The van der Waals surface area contributed by atoms with Gasteiger partial charge in [-0.1, -0.05) is 17.7 Å². The van der Waals surface area contributed by atoms with Crippen molar-refractivity contribution < 1.29 is 17.6 Å².